The molecule has 1 N–H and O–H groups in total. The van der Waals surface area contributed by atoms with Crippen molar-refractivity contribution in [3.8, 4) is 16.9 Å². The molecule has 2 nitrogen and oxygen atoms in total. The lowest BCUT2D eigenvalue weighted by atomic mass is 10.0. The Hall–Kier alpha value is -1.87. The average Bonchev–Trinajstić information content (AvgIpc) is 3.32. The first kappa shape index (κ1) is 14.1. The quantitative estimate of drug-likeness (QED) is 0.861. The molecule has 0 atom stereocenters. The third kappa shape index (κ3) is 3.61. The molecule has 0 saturated heterocycles. The Labute approximate surface area is 125 Å². The molecule has 2 aromatic carbocycles. The van der Waals surface area contributed by atoms with Gasteiger partial charge in [0.1, 0.15) is 11.6 Å². The molecule has 0 amide bonds. The van der Waals surface area contributed by atoms with Crippen LogP contribution in [0.4, 0.5) is 4.39 Å². The first-order chi connectivity index (χ1) is 10.3. The number of halogens is 1. The maximum Gasteiger partial charge on any atom is 0.131 e. The monoisotopic (exact) mass is 285 g/mol. The van der Waals surface area contributed by atoms with Crippen LogP contribution in [-0.2, 0) is 6.54 Å². The molecule has 0 heterocycles. The van der Waals surface area contributed by atoms with Crippen molar-refractivity contribution in [1.29, 1.82) is 0 Å². The SMILES string of the molecule is CCOc1ccc(-c2cc(CNC3CC3)ccc2F)cc1. The normalized spacial score (nSPS) is 14.2. The highest BCUT2D eigenvalue weighted by atomic mass is 19.1. The van der Waals surface area contributed by atoms with E-state index in [0.717, 1.165) is 23.4 Å². The predicted molar refractivity (Wildman–Crippen MR) is 82.9 cm³/mol. The highest BCUT2D eigenvalue weighted by Gasteiger charge is 2.20. The lowest BCUT2D eigenvalue weighted by molar-refractivity contribution is 0.340. The molecule has 2 aromatic rings. The Morgan fingerprint density at radius 3 is 2.57 bits per heavy atom. The largest absolute Gasteiger partial charge is 0.494 e. The Morgan fingerprint density at radius 2 is 1.90 bits per heavy atom. The molecular weight excluding hydrogens is 265 g/mol. The minimum absolute atomic E-state index is 0.186. The molecule has 1 aliphatic rings. The van der Waals surface area contributed by atoms with E-state index < -0.39 is 0 Å². The van der Waals surface area contributed by atoms with E-state index in [1.54, 1.807) is 6.07 Å². The highest BCUT2D eigenvalue weighted by molar-refractivity contribution is 5.65. The lowest BCUT2D eigenvalue weighted by Crippen LogP contribution is -2.15. The summed E-state index contributed by atoms with van der Waals surface area (Å²) < 4.78 is 19.5. The summed E-state index contributed by atoms with van der Waals surface area (Å²) >= 11 is 0. The minimum Gasteiger partial charge on any atom is -0.494 e. The Balaban J connectivity index is 1.80. The van der Waals surface area contributed by atoms with Crippen LogP contribution in [-0.4, -0.2) is 12.6 Å². The molecular formula is C18H20FNO. The van der Waals surface area contributed by atoms with Gasteiger partial charge in [-0.25, -0.2) is 4.39 Å². The minimum atomic E-state index is -0.186. The molecule has 0 aromatic heterocycles. The van der Waals surface area contributed by atoms with Crippen molar-refractivity contribution in [2.24, 2.45) is 0 Å². The molecule has 0 spiro atoms. The van der Waals surface area contributed by atoms with E-state index in [1.165, 1.54) is 12.8 Å². The van der Waals surface area contributed by atoms with Gasteiger partial charge in [-0.3, -0.25) is 0 Å². The van der Waals surface area contributed by atoms with Crippen LogP contribution in [0.1, 0.15) is 25.3 Å². The maximum absolute atomic E-state index is 14.1. The fourth-order valence-electron chi connectivity index (χ4n) is 2.35. The van der Waals surface area contributed by atoms with Crippen LogP contribution in [0, 0.1) is 5.82 Å². The van der Waals surface area contributed by atoms with Crippen molar-refractivity contribution >= 4 is 0 Å². The van der Waals surface area contributed by atoms with Gasteiger partial charge >= 0.3 is 0 Å². The summed E-state index contributed by atoms with van der Waals surface area (Å²) in [7, 11) is 0. The van der Waals surface area contributed by atoms with Gasteiger partial charge in [0.15, 0.2) is 0 Å². The van der Waals surface area contributed by atoms with Crippen molar-refractivity contribution in [3.05, 3.63) is 53.8 Å². The van der Waals surface area contributed by atoms with Crippen LogP contribution < -0.4 is 10.1 Å². The van der Waals surface area contributed by atoms with E-state index >= 15 is 0 Å². The molecule has 3 rings (SSSR count). The second kappa shape index (κ2) is 6.27. The van der Waals surface area contributed by atoms with Crippen molar-refractivity contribution in [1.82, 2.24) is 5.32 Å². The van der Waals surface area contributed by atoms with E-state index in [0.29, 0.717) is 18.2 Å². The number of hydrogen-bond acceptors (Lipinski definition) is 2. The van der Waals surface area contributed by atoms with Gasteiger partial charge in [-0.15, -0.1) is 0 Å². The first-order valence-corrected chi connectivity index (χ1v) is 7.51. The van der Waals surface area contributed by atoms with Crippen molar-refractivity contribution in [2.75, 3.05) is 6.61 Å². The topological polar surface area (TPSA) is 21.3 Å². The molecule has 0 aliphatic heterocycles. The van der Waals surface area contributed by atoms with Gasteiger partial charge in [-0.1, -0.05) is 18.2 Å². The van der Waals surface area contributed by atoms with E-state index in [4.69, 9.17) is 4.74 Å². The van der Waals surface area contributed by atoms with Gasteiger partial charge in [0, 0.05) is 18.2 Å². The predicted octanol–water partition coefficient (Wildman–Crippen LogP) is 4.14. The van der Waals surface area contributed by atoms with E-state index in [-0.39, 0.29) is 5.82 Å². The fraction of sp³-hybridized carbons (Fsp3) is 0.333. The molecule has 0 unspecified atom stereocenters. The van der Waals surface area contributed by atoms with Crippen LogP contribution in [0.15, 0.2) is 42.5 Å². The molecule has 3 heteroatoms. The first-order valence-electron chi connectivity index (χ1n) is 7.51. The summed E-state index contributed by atoms with van der Waals surface area (Å²) in [6, 6.07) is 13.6. The maximum atomic E-state index is 14.1. The van der Waals surface area contributed by atoms with Crippen LogP contribution in [0.2, 0.25) is 0 Å². The Kier molecular flexibility index (Phi) is 4.20. The summed E-state index contributed by atoms with van der Waals surface area (Å²) in [4.78, 5) is 0. The van der Waals surface area contributed by atoms with Gasteiger partial charge in [0.25, 0.3) is 0 Å². The Morgan fingerprint density at radius 1 is 1.14 bits per heavy atom. The summed E-state index contributed by atoms with van der Waals surface area (Å²) in [6.45, 7) is 3.38. The fourth-order valence-corrected chi connectivity index (χ4v) is 2.35. The van der Waals surface area contributed by atoms with Crippen molar-refractivity contribution in [3.63, 3.8) is 0 Å². The molecule has 1 aliphatic carbocycles. The zero-order chi connectivity index (χ0) is 14.7. The van der Waals surface area contributed by atoms with E-state index in [9.17, 15) is 4.39 Å². The third-order valence-electron chi connectivity index (χ3n) is 3.68. The molecule has 0 radical (unpaired) electrons. The molecule has 110 valence electrons. The smallest absolute Gasteiger partial charge is 0.131 e. The number of ether oxygens (including phenoxy) is 1. The van der Waals surface area contributed by atoms with E-state index in [2.05, 4.69) is 5.32 Å². The van der Waals surface area contributed by atoms with Gasteiger partial charge in [0.05, 0.1) is 6.61 Å². The number of hydrogen-bond donors (Lipinski definition) is 1. The summed E-state index contributed by atoms with van der Waals surface area (Å²) in [5, 5.41) is 3.45. The number of nitrogens with one attached hydrogen (secondary N) is 1. The molecule has 21 heavy (non-hydrogen) atoms. The molecule has 1 fully saturated rings. The number of benzene rings is 2. The van der Waals surface area contributed by atoms with E-state index in [1.807, 2.05) is 43.3 Å². The zero-order valence-electron chi connectivity index (χ0n) is 12.2. The van der Waals surface area contributed by atoms with Gasteiger partial charge < -0.3 is 10.1 Å². The van der Waals surface area contributed by atoms with Gasteiger partial charge in [-0.2, -0.15) is 0 Å². The second-order valence-electron chi connectivity index (χ2n) is 5.43. The van der Waals surface area contributed by atoms with Crippen molar-refractivity contribution in [2.45, 2.75) is 32.4 Å². The summed E-state index contributed by atoms with van der Waals surface area (Å²) in [5.74, 6) is 0.627. The zero-order valence-corrected chi connectivity index (χ0v) is 12.2. The average molecular weight is 285 g/mol. The summed E-state index contributed by atoms with van der Waals surface area (Å²) in [5.41, 5.74) is 2.64. The standard InChI is InChI=1S/C18H20FNO/c1-2-21-16-8-4-14(5-9-16)17-11-13(3-10-18(17)19)12-20-15-6-7-15/h3-5,8-11,15,20H,2,6-7,12H2,1H3. The van der Waals surface area contributed by atoms with Crippen LogP contribution in [0.3, 0.4) is 0 Å². The van der Waals surface area contributed by atoms with Gasteiger partial charge in [-0.05, 0) is 55.2 Å². The lowest BCUT2D eigenvalue weighted by Gasteiger charge is -2.09. The number of rotatable bonds is 6. The van der Waals surface area contributed by atoms with Gasteiger partial charge in [0.2, 0.25) is 0 Å². The van der Waals surface area contributed by atoms with Crippen LogP contribution in [0.25, 0.3) is 11.1 Å². The van der Waals surface area contributed by atoms with Crippen LogP contribution in [0.5, 0.6) is 5.75 Å². The second-order valence-corrected chi connectivity index (χ2v) is 5.43. The summed E-state index contributed by atoms with van der Waals surface area (Å²) in [6.07, 6.45) is 2.51. The van der Waals surface area contributed by atoms with Crippen molar-refractivity contribution < 1.29 is 9.13 Å². The van der Waals surface area contributed by atoms with Crippen LogP contribution >= 0.6 is 0 Å². The highest BCUT2D eigenvalue weighted by Crippen LogP contribution is 2.27. The molecule has 1 saturated carbocycles. The Bertz CT molecular complexity index is 605. The molecule has 0 bridgehead atoms. The third-order valence-corrected chi connectivity index (χ3v) is 3.68.